The van der Waals surface area contributed by atoms with Gasteiger partial charge in [0.15, 0.2) is 0 Å². The number of halogens is 3. The Morgan fingerprint density at radius 1 is 1.54 bits per heavy atom. The molecule has 0 aromatic carbocycles. The third-order valence-electron chi connectivity index (χ3n) is 1.37. The van der Waals surface area contributed by atoms with Crippen molar-refractivity contribution in [1.29, 1.82) is 5.26 Å². The van der Waals surface area contributed by atoms with Crippen LogP contribution in [0.15, 0.2) is 10.9 Å². The maximum Gasteiger partial charge on any atom is 0.265 e. The first-order chi connectivity index (χ1) is 6.06. The summed E-state index contributed by atoms with van der Waals surface area (Å²) in [6.45, 7) is 0. The Bertz CT molecular complexity index is 419. The summed E-state index contributed by atoms with van der Waals surface area (Å²) < 4.78 is 36.9. The monoisotopic (exact) mass is 188 g/mol. The quantitative estimate of drug-likeness (QED) is 0.675. The molecule has 6 heteroatoms. The van der Waals surface area contributed by atoms with Crippen molar-refractivity contribution in [3.63, 3.8) is 0 Å². The van der Waals surface area contributed by atoms with E-state index in [1.54, 1.807) is 4.98 Å². The molecule has 0 fully saturated rings. The highest BCUT2D eigenvalue weighted by atomic mass is 19.3. The van der Waals surface area contributed by atoms with Gasteiger partial charge in [-0.05, 0) is 0 Å². The van der Waals surface area contributed by atoms with E-state index in [-0.39, 0.29) is 0 Å². The molecule has 68 valence electrons. The molecule has 0 saturated heterocycles. The van der Waals surface area contributed by atoms with Gasteiger partial charge in [-0.2, -0.15) is 9.65 Å². The summed E-state index contributed by atoms with van der Waals surface area (Å²) in [6.07, 6.45) is -3.04. The van der Waals surface area contributed by atoms with Gasteiger partial charge >= 0.3 is 0 Å². The van der Waals surface area contributed by atoms with Gasteiger partial charge in [0.05, 0.1) is 0 Å². The fraction of sp³-hybridized carbons (Fsp3) is 0.143. The lowest BCUT2D eigenvalue weighted by molar-refractivity contribution is 0.150. The van der Waals surface area contributed by atoms with Crippen LogP contribution >= 0.6 is 0 Å². The first-order valence-corrected chi connectivity index (χ1v) is 3.17. The van der Waals surface area contributed by atoms with E-state index in [4.69, 9.17) is 5.26 Å². The molecule has 1 aromatic rings. The molecule has 0 atom stereocenters. The topological polar surface area (TPSA) is 56.6 Å². The molecule has 3 nitrogen and oxygen atoms in total. The molecule has 0 aliphatic rings. The van der Waals surface area contributed by atoms with Crippen molar-refractivity contribution in [1.82, 2.24) is 4.98 Å². The molecule has 0 spiro atoms. The zero-order valence-electron chi connectivity index (χ0n) is 6.14. The Kier molecular flexibility index (Phi) is 2.37. The molecular formula is C7H3F3N2O. The van der Waals surface area contributed by atoms with Crippen LogP contribution in [0.2, 0.25) is 0 Å². The number of nitriles is 1. The van der Waals surface area contributed by atoms with Crippen LogP contribution in [0, 0.1) is 17.3 Å². The molecule has 0 aliphatic heterocycles. The second kappa shape index (κ2) is 3.31. The first-order valence-electron chi connectivity index (χ1n) is 3.17. The summed E-state index contributed by atoms with van der Waals surface area (Å²) in [5, 5.41) is 8.29. The molecule has 0 radical (unpaired) electrons. The Labute approximate surface area is 70.4 Å². The predicted octanol–water partition coefficient (Wildman–Crippen LogP) is 1.32. The van der Waals surface area contributed by atoms with Gasteiger partial charge in [-0.3, -0.25) is 9.78 Å². The summed E-state index contributed by atoms with van der Waals surface area (Å²) in [6, 6.07) is 1.75. The molecule has 0 saturated carbocycles. The minimum atomic E-state index is -3.04. The van der Waals surface area contributed by atoms with Crippen molar-refractivity contribution in [2.24, 2.45) is 0 Å². The maximum absolute atomic E-state index is 12.7. The van der Waals surface area contributed by atoms with Crippen molar-refractivity contribution in [2.75, 3.05) is 0 Å². The number of rotatable bonds is 1. The van der Waals surface area contributed by atoms with Crippen LogP contribution in [-0.4, -0.2) is 4.98 Å². The Morgan fingerprint density at radius 3 is 2.62 bits per heavy atom. The zero-order valence-corrected chi connectivity index (χ0v) is 6.14. The molecule has 0 amide bonds. The highest BCUT2D eigenvalue weighted by molar-refractivity contribution is 5.36. The zero-order chi connectivity index (χ0) is 10.0. The van der Waals surface area contributed by atoms with Gasteiger partial charge < -0.3 is 0 Å². The van der Waals surface area contributed by atoms with Gasteiger partial charge in [0.25, 0.3) is 12.0 Å². The second-order valence-corrected chi connectivity index (χ2v) is 2.19. The summed E-state index contributed by atoms with van der Waals surface area (Å²) in [4.78, 5) is 12.2. The van der Waals surface area contributed by atoms with Gasteiger partial charge in [0.1, 0.15) is 11.6 Å². The van der Waals surface area contributed by atoms with Crippen molar-refractivity contribution in [3.05, 3.63) is 33.5 Å². The van der Waals surface area contributed by atoms with E-state index < -0.39 is 29.1 Å². The Morgan fingerprint density at radius 2 is 2.15 bits per heavy atom. The molecule has 0 aliphatic carbocycles. The Balaban J connectivity index is 3.50. The highest BCUT2D eigenvalue weighted by Crippen LogP contribution is 2.21. The van der Waals surface area contributed by atoms with E-state index in [1.807, 2.05) is 0 Å². The molecule has 0 unspecified atom stereocenters. The average Bonchev–Trinajstić information content (AvgIpc) is 2.02. The molecular weight excluding hydrogens is 185 g/mol. The van der Waals surface area contributed by atoms with Gasteiger partial charge in [-0.25, -0.2) is 8.78 Å². The number of hydrogen-bond donors (Lipinski definition) is 1. The minimum Gasteiger partial charge on any atom is -0.298 e. The highest BCUT2D eigenvalue weighted by Gasteiger charge is 2.17. The van der Waals surface area contributed by atoms with Gasteiger partial charge in [0.2, 0.25) is 5.95 Å². The van der Waals surface area contributed by atoms with E-state index in [0.717, 1.165) is 0 Å². The van der Waals surface area contributed by atoms with E-state index in [0.29, 0.717) is 6.07 Å². The maximum atomic E-state index is 12.7. The van der Waals surface area contributed by atoms with Crippen LogP contribution in [0.5, 0.6) is 0 Å². The van der Waals surface area contributed by atoms with Crippen molar-refractivity contribution in [3.8, 4) is 6.07 Å². The van der Waals surface area contributed by atoms with Crippen LogP contribution in [0.1, 0.15) is 17.6 Å². The number of aromatic amines is 1. The fourth-order valence-electron chi connectivity index (χ4n) is 0.833. The second-order valence-electron chi connectivity index (χ2n) is 2.19. The standard InChI is InChI=1S/C7H3F3N2O/c8-6(9)3-1-5(13)12-7(10)4(3)2-11/h1,6H,(H,12,13). The summed E-state index contributed by atoms with van der Waals surface area (Å²) in [5.41, 5.74) is -2.70. The van der Waals surface area contributed by atoms with Crippen LogP contribution in [-0.2, 0) is 0 Å². The third kappa shape index (κ3) is 1.69. The fourth-order valence-corrected chi connectivity index (χ4v) is 0.833. The van der Waals surface area contributed by atoms with Crippen LogP contribution in [0.25, 0.3) is 0 Å². The van der Waals surface area contributed by atoms with Crippen LogP contribution in [0.4, 0.5) is 13.2 Å². The summed E-state index contributed by atoms with van der Waals surface area (Å²) in [7, 11) is 0. The lowest BCUT2D eigenvalue weighted by Gasteiger charge is -2.01. The lowest BCUT2D eigenvalue weighted by atomic mass is 10.1. The number of nitrogens with zero attached hydrogens (tertiary/aromatic N) is 1. The minimum absolute atomic E-state index is 0.506. The van der Waals surface area contributed by atoms with Gasteiger partial charge in [0, 0.05) is 11.6 Å². The molecule has 1 heterocycles. The van der Waals surface area contributed by atoms with Crippen molar-refractivity contribution >= 4 is 0 Å². The van der Waals surface area contributed by atoms with Crippen LogP contribution < -0.4 is 5.56 Å². The normalized spacial score (nSPS) is 10.1. The molecule has 1 aromatic heterocycles. The van der Waals surface area contributed by atoms with Crippen LogP contribution in [0.3, 0.4) is 0 Å². The van der Waals surface area contributed by atoms with E-state index in [2.05, 4.69) is 0 Å². The lowest BCUT2D eigenvalue weighted by Crippen LogP contribution is -2.11. The molecule has 1 N–H and O–H groups in total. The number of pyridine rings is 1. The average molecular weight is 188 g/mol. The SMILES string of the molecule is N#Cc1c(C(F)F)cc(=O)[nH]c1F. The van der Waals surface area contributed by atoms with Crippen molar-refractivity contribution in [2.45, 2.75) is 6.43 Å². The molecule has 1 rings (SSSR count). The number of hydrogen-bond acceptors (Lipinski definition) is 2. The number of nitrogens with one attached hydrogen (secondary N) is 1. The third-order valence-corrected chi connectivity index (χ3v) is 1.37. The number of alkyl halides is 2. The Hall–Kier alpha value is -1.77. The van der Waals surface area contributed by atoms with E-state index in [1.165, 1.54) is 6.07 Å². The van der Waals surface area contributed by atoms with Crippen molar-refractivity contribution < 1.29 is 13.2 Å². The van der Waals surface area contributed by atoms with Gasteiger partial charge in [-0.15, -0.1) is 0 Å². The number of aromatic nitrogens is 1. The van der Waals surface area contributed by atoms with Gasteiger partial charge in [-0.1, -0.05) is 0 Å². The first kappa shape index (κ1) is 9.32. The summed E-state index contributed by atoms with van der Waals surface area (Å²) in [5.74, 6) is -1.33. The van der Waals surface area contributed by atoms with E-state index in [9.17, 15) is 18.0 Å². The van der Waals surface area contributed by atoms with E-state index >= 15 is 0 Å². The number of H-pyrrole nitrogens is 1. The smallest absolute Gasteiger partial charge is 0.265 e. The molecule has 0 bridgehead atoms. The predicted molar refractivity (Wildman–Crippen MR) is 36.7 cm³/mol. The molecule has 13 heavy (non-hydrogen) atoms. The summed E-state index contributed by atoms with van der Waals surface area (Å²) >= 11 is 0. The largest absolute Gasteiger partial charge is 0.298 e.